The normalized spacial score (nSPS) is 10.5. The summed E-state index contributed by atoms with van der Waals surface area (Å²) in [5, 5.41) is 0. The summed E-state index contributed by atoms with van der Waals surface area (Å²) in [5.74, 6) is -0.315. The van der Waals surface area contributed by atoms with E-state index in [1.165, 1.54) is 12.1 Å². The molecule has 0 amide bonds. The maximum Gasteiger partial charge on any atom is 0.387 e. The Morgan fingerprint density at radius 1 is 1.53 bits per heavy atom. The molecule has 0 aliphatic carbocycles. The molecule has 0 radical (unpaired) electrons. The van der Waals surface area contributed by atoms with Gasteiger partial charge < -0.3 is 4.74 Å². The van der Waals surface area contributed by atoms with Gasteiger partial charge in [-0.25, -0.2) is 0 Å². The summed E-state index contributed by atoms with van der Waals surface area (Å²) in [6, 6.07) is 4.43. The largest absolute Gasteiger partial charge is 0.434 e. The summed E-state index contributed by atoms with van der Waals surface area (Å²) in [6.45, 7) is -1.26. The van der Waals surface area contributed by atoms with Crippen molar-refractivity contribution in [3.8, 4) is 5.75 Å². The molecule has 15 heavy (non-hydrogen) atoms. The maximum atomic E-state index is 12.1. The smallest absolute Gasteiger partial charge is 0.387 e. The Balaban J connectivity index is 3.08. The van der Waals surface area contributed by atoms with Crippen LogP contribution in [0.2, 0.25) is 0 Å². The minimum atomic E-state index is -2.93. The van der Waals surface area contributed by atoms with Gasteiger partial charge in [0.15, 0.2) is 5.78 Å². The number of benzene rings is 1. The van der Waals surface area contributed by atoms with Gasteiger partial charge in [-0.15, -0.1) is 0 Å². The van der Waals surface area contributed by atoms with Gasteiger partial charge in [-0.1, -0.05) is 22.9 Å². The second-order valence-electron chi connectivity index (χ2n) is 2.80. The predicted molar refractivity (Wildman–Crippen MR) is 55.4 cm³/mol. The van der Waals surface area contributed by atoms with Crippen molar-refractivity contribution in [2.24, 2.45) is 0 Å². The zero-order chi connectivity index (χ0) is 11.4. The van der Waals surface area contributed by atoms with Gasteiger partial charge in [0.2, 0.25) is 0 Å². The molecule has 1 rings (SSSR count). The highest BCUT2D eigenvalue weighted by Crippen LogP contribution is 2.26. The van der Waals surface area contributed by atoms with E-state index >= 15 is 0 Å². The topological polar surface area (TPSA) is 26.3 Å². The molecule has 0 N–H and O–H groups in total. The first-order valence-electron chi connectivity index (χ1n) is 4.32. The van der Waals surface area contributed by atoms with Gasteiger partial charge >= 0.3 is 6.61 Å². The monoisotopic (exact) mass is 278 g/mol. The van der Waals surface area contributed by atoms with Crippen molar-refractivity contribution >= 4 is 21.7 Å². The molecule has 5 heteroatoms. The molecule has 0 aromatic heterocycles. The van der Waals surface area contributed by atoms with Gasteiger partial charge in [-0.3, -0.25) is 4.79 Å². The van der Waals surface area contributed by atoms with Crippen LogP contribution in [0.1, 0.15) is 23.7 Å². The average Bonchev–Trinajstić information content (AvgIpc) is 2.16. The molecule has 1 aromatic carbocycles. The molecule has 0 fully saturated rings. The Labute approximate surface area is 94.4 Å². The lowest BCUT2D eigenvalue weighted by molar-refractivity contribution is -0.0501. The van der Waals surface area contributed by atoms with Gasteiger partial charge in [0.25, 0.3) is 0 Å². The lowest BCUT2D eigenvalue weighted by Gasteiger charge is -2.09. The van der Waals surface area contributed by atoms with Crippen molar-refractivity contribution in [2.75, 3.05) is 0 Å². The molecule has 0 aliphatic heterocycles. The number of ketones is 1. The van der Waals surface area contributed by atoms with E-state index in [0.717, 1.165) is 0 Å². The van der Waals surface area contributed by atoms with Crippen LogP contribution in [-0.2, 0) is 0 Å². The van der Waals surface area contributed by atoms with Crippen molar-refractivity contribution in [3.05, 3.63) is 28.2 Å². The standard InChI is InChI=1S/C10H9BrF2O2/c1-2-8(14)7-4-3-6(11)5-9(7)15-10(12)13/h3-5,10H,2H2,1H3. The van der Waals surface area contributed by atoms with Crippen LogP contribution >= 0.6 is 15.9 Å². The number of alkyl halides is 2. The average molecular weight is 279 g/mol. The van der Waals surface area contributed by atoms with Crippen LogP contribution in [0, 0.1) is 0 Å². The van der Waals surface area contributed by atoms with Gasteiger partial charge in [0.05, 0.1) is 5.56 Å². The summed E-state index contributed by atoms with van der Waals surface area (Å²) in [6.07, 6.45) is 0.251. The summed E-state index contributed by atoms with van der Waals surface area (Å²) in [5.41, 5.74) is 0.181. The molecule has 0 bridgehead atoms. The number of hydrogen-bond acceptors (Lipinski definition) is 2. The van der Waals surface area contributed by atoms with Crippen molar-refractivity contribution in [1.82, 2.24) is 0 Å². The number of carbonyl (C=O) groups excluding carboxylic acids is 1. The van der Waals surface area contributed by atoms with E-state index in [1.54, 1.807) is 13.0 Å². The number of hydrogen-bond donors (Lipinski definition) is 0. The highest BCUT2D eigenvalue weighted by Gasteiger charge is 2.14. The van der Waals surface area contributed by atoms with Crippen LogP contribution in [0.5, 0.6) is 5.75 Å². The van der Waals surface area contributed by atoms with Crippen LogP contribution in [0.3, 0.4) is 0 Å². The molecule has 0 spiro atoms. The summed E-state index contributed by atoms with van der Waals surface area (Å²) in [4.78, 5) is 11.4. The van der Waals surface area contributed by atoms with E-state index in [-0.39, 0.29) is 23.5 Å². The summed E-state index contributed by atoms with van der Waals surface area (Å²) >= 11 is 3.12. The molecule has 0 saturated heterocycles. The lowest BCUT2D eigenvalue weighted by Crippen LogP contribution is -2.07. The fourth-order valence-electron chi connectivity index (χ4n) is 1.11. The van der Waals surface area contributed by atoms with Crippen molar-refractivity contribution in [1.29, 1.82) is 0 Å². The number of ether oxygens (including phenoxy) is 1. The summed E-state index contributed by atoms with van der Waals surface area (Å²) in [7, 11) is 0. The fourth-order valence-corrected chi connectivity index (χ4v) is 1.45. The van der Waals surface area contributed by atoms with Crippen molar-refractivity contribution < 1.29 is 18.3 Å². The predicted octanol–water partition coefficient (Wildman–Crippen LogP) is 3.64. The first-order chi connectivity index (χ1) is 7.04. The second kappa shape index (κ2) is 5.21. The molecule has 2 nitrogen and oxygen atoms in total. The second-order valence-corrected chi connectivity index (χ2v) is 3.71. The molecule has 0 heterocycles. The zero-order valence-electron chi connectivity index (χ0n) is 7.97. The Hall–Kier alpha value is -0.970. The van der Waals surface area contributed by atoms with Crippen LogP contribution in [0.4, 0.5) is 8.78 Å². The van der Waals surface area contributed by atoms with E-state index in [9.17, 15) is 13.6 Å². The number of halogens is 3. The Morgan fingerprint density at radius 3 is 2.73 bits per heavy atom. The number of carbonyl (C=O) groups is 1. The third-order valence-electron chi connectivity index (χ3n) is 1.78. The third-order valence-corrected chi connectivity index (χ3v) is 2.27. The molecule has 0 unspecified atom stereocenters. The molecule has 0 atom stereocenters. The zero-order valence-corrected chi connectivity index (χ0v) is 9.55. The van der Waals surface area contributed by atoms with Crippen LogP contribution in [-0.4, -0.2) is 12.4 Å². The van der Waals surface area contributed by atoms with E-state index in [1.807, 2.05) is 0 Å². The SMILES string of the molecule is CCC(=O)c1ccc(Br)cc1OC(F)F. The number of Topliss-reactive ketones (excluding diaryl/α,β-unsaturated/α-hetero) is 1. The van der Waals surface area contributed by atoms with E-state index < -0.39 is 6.61 Å². The van der Waals surface area contributed by atoms with Gasteiger partial charge in [-0.2, -0.15) is 8.78 Å². The van der Waals surface area contributed by atoms with Gasteiger partial charge in [0, 0.05) is 10.9 Å². The van der Waals surface area contributed by atoms with E-state index in [4.69, 9.17) is 0 Å². The Bertz CT molecular complexity index is 366. The lowest BCUT2D eigenvalue weighted by atomic mass is 10.1. The Kier molecular flexibility index (Phi) is 4.20. The molecule has 0 saturated carbocycles. The number of rotatable bonds is 4. The molecular weight excluding hydrogens is 270 g/mol. The molecular formula is C10H9BrF2O2. The highest BCUT2D eigenvalue weighted by molar-refractivity contribution is 9.10. The van der Waals surface area contributed by atoms with Gasteiger partial charge in [0.1, 0.15) is 5.75 Å². The quantitative estimate of drug-likeness (QED) is 0.786. The fraction of sp³-hybridized carbons (Fsp3) is 0.300. The molecule has 0 aliphatic rings. The van der Waals surface area contributed by atoms with Crippen molar-refractivity contribution in [3.63, 3.8) is 0 Å². The third kappa shape index (κ3) is 3.27. The van der Waals surface area contributed by atoms with E-state index in [0.29, 0.717) is 4.47 Å². The maximum absolute atomic E-state index is 12.1. The minimum absolute atomic E-state index is 0.0915. The highest BCUT2D eigenvalue weighted by atomic mass is 79.9. The first kappa shape index (κ1) is 12.1. The van der Waals surface area contributed by atoms with Crippen molar-refractivity contribution in [2.45, 2.75) is 20.0 Å². The van der Waals surface area contributed by atoms with E-state index in [2.05, 4.69) is 20.7 Å². The minimum Gasteiger partial charge on any atom is -0.434 e. The molecule has 1 aromatic rings. The van der Waals surface area contributed by atoms with Crippen LogP contribution in [0.15, 0.2) is 22.7 Å². The molecule has 82 valence electrons. The van der Waals surface area contributed by atoms with Crippen LogP contribution < -0.4 is 4.74 Å². The Morgan fingerprint density at radius 2 is 2.20 bits per heavy atom. The summed E-state index contributed by atoms with van der Waals surface area (Å²) < 4.78 is 29.0. The van der Waals surface area contributed by atoms with Crippen LogP contribution in [0.25, 0.3) is 0 Å². The van der Waals surface area contributed by atoms with Gasteiger partial charge in [-0.05, 0) is 18.2 Å². The first-order valence-corrected chi connectivity index (χ1v) is 5.11.